The summed E-state index contributed by atoms with van der Waals surface area (Å²) in [7, 11) is -6.86. The summed E-state index contributed by atoms with van der Waals surface area (Å²) in [5.41, 5.74) is 0. The first kappa shape index (κ1) is 25.8. The van der Waals surface area contributed by atoms with Crippen LogP contribution >= 0.6 is 27.1 Å². The lowest BCUT2D eigenvalue weighted by Crippen LogP contribution is -2.10. The molecule has 6 N–H and O–H groups in total. The number of aliphatic hydroxyl groups is 4. The normalized spacial score (nSPS) is 10.4. The van der Waals surface area contributed by atoms with Gasteiger partial charge in [0.05, 0.1) is 0 Å². The second kappa shape index (κ2) is 12.5. The van der Waals surface area contributed by atoms with Crippen molar-refractivity contribution in [2.75, 3.05) is 25.4 Å². The summed E-state index contributed by atoms with van der Waals surface area (Å²) < 4.78 is 31.6. The SMILES string of the molecule is O=S(=O)(O)O.OC[P+](CO)(CO)CO.P.P. The molecular weight excluding hydrogens is 301 g/mol. The minimum atomic E-state index is -4.67. The molecule has 0 aromatic carbocycles. The molecule has 2 atom stereocenters. The highest BCUT2D eigenvalue weighted by atomic mass is 32.3. The predicted molar refractivity (Wildman–Crippen MR) is 71.7 cm³/mol. The molecule has 0 radical (unpaired) electrons. The lowest BCUT2D eigenvalue weighted by Gasteiger charge is -2.15. The molecule has 0 saturated carbocycles. The van der Waals surface area contributed by atoms with Crippen LogP contribution in [0.5, 0.6) is 0 Å². The number of rotatable bonds is 4. The van der Waals surface area contributed by atoms with Crippen LogP contribution in [0.4, 0.5) is 0 Å². The fourth-order valence-electron chi connectivity index (χ4n) is 0.268. The number of hydrogen-bond acceptors (Lipinski definition) is 6. The van der Waals surface area contributed by atoms with Gasteiger partial charge in [0.1, 0.15) is 7.26 Å². The maximum absolute atomic E-state index is 8.74. The highest BCUT2D eigenvalue weighted by Gasteiger charge is 2.34. The minimum Gasteiger partial charge on any atom is -0.361 e. The average molecular weight is 321 g/mol. The maximum Gasteiger partial charge on any atom is 0.394 e. The molecule has 0 rings (SSSR count). The molecule has 0 amide bonds. The van der Waals surface area contributed by atoms with Crippen LogP contribution in [-0.4, -0.2) is 63.3 Å². The molecule has 12 heteroatoms. The van der Waals surface area contributed by atoms with Crippen LogP contribution in [0, 0.1) is 0 Å². The van der Waals surface area contributed by atoms with Crippen LogP contribution in [-0.2, 0) is 10.4 Å². The molecule has 0 aromatic heterocycles. The van der Waals surface area contributed by atoms with Gasteiger partial charge < -0.3 is 20.4 Å². The van der Waals surface area contributed by atoms with Crippen LogP contribution < -0.4 is 0 Å². The van der Waals surface area contributed by atoms with Crippen LogP contribution in [0.25, 0.3) is 0 Å². The standard InChI is InChI=1S/C4H12O4P.H2O4S.2H3P/c5-1-9(2-6,3-7)4-8;1-5(2,3)4;;/h5-8H,1-4H2;(H2,1,2,3,4);2*1H3/q+1;;;. The zero-order chi connectivity index (χ0) is 11.8. The summed E-state index contributed by atoms with van der Waals surface area (Å²) >= 11 is 0. The zero-order valence-electron chi connectivity index (χ0n) is 8.60. The molecule has 104 valence electrons. The van der Waals surface area contributed by atoms with Crippen LogP contribution in [0.2, 0.25) is 0 Å². The molecule has 0 aliphatic carbocycles. The quantitative estimate of drug-likeness (QED) is 0.263. The highest BCUT2D eigenvalue weighted by Crippen LogP contribution is 2.54. The Morgan fingerprint density at radius 3 is 0.875 bits per heavy atom. The topological polar surface area (TPSA) is 156 Å². The van der Waals surface area contributed by atoms with Crippen molar-refractivity contribution in [1.29, 1.82) is 0 Å². The third-order valence-electron chi connectivity index (χ3n) is 1.20. The van der Waals surface area contributed by atoms with Crippen molar-refractivity contribution in [3.05, 3.63) is 0 Å². The second-order valence-electron chi connectivity index (χ2n) is 2.36. The molecule has 0 saturated heterocycles. The van der Waals surface area contributed by atoms with Gasteiger partial charge in [0.2, 0.25) is 0 Å². The third-order valence-corrected chi connectivity index (χ3v) is 3.60. The van der Waals surface area contributed by atoms with Crippen molar-refractivity contribution in [3.63, 3.8) is 0 Å². The fourth-order valence-corrected chi connectivity index (χ4v) is 0.805. The maximum atomic E-state index is 8.74. The van der Waals surface area contributed by atoms with Gasteiger partial charge in [0, 0.05) is 0 Å². The number of aliphatic hydroxyl groups excluding tert-OH is 4. The summed E-state index contributed by atoms with van der Waals surface area (Å²) in [6, 6.07) is 0. The number of hydrogen-bond donors (Lipinski definition) is 6. The Bertz CT molecular complexity index is 202. The van der Waals surface area contributed by atoms with Gasteiger partial charge >= 0.3 is 10.4 Å². The fraction of sp³-hybridized carbons (Fsp3) is 1.00. The Morgan fingerprint density at radius 2 is 0.875 bits per heavy atom. The van der Waals surface area contributed by atoms with Crippen molar-refractivity contribution in [2.24, 2.45) is 0 Å². The van der Waals surface area contributed by atoms with E-state index in [2.05, 4.69) is 0 Å². The molecule has 0 fully saturated rings. The first-order valence-electron chi connectivity index (χ1n) is 3.23. The van der Waals surface area contributed by atoms with Gasteiger partial charge in [-0.05, 0) is 0 Å². The summed E-state index contributed by atoms with van der Waals surface area (Å²) in [6.07, 6.45) is -1.18. The van der Waals surface area contributed by atoms with E-state index >= 15 is 0 Å². The van der Waals surface area contributed by atoms with Crippen LogP contribution in [0.1, 0.15) is 0 Å². The first-order valence-corrected chi connectivity index (χ1v) is 7.16. The highest BCUT2D eigenvalue weighted by molar-refractivity contribution is 7.79. The van der Waals surface area contributed by atoms with Crippen LogP contribution in [0.3, 0.4) is 0 Å². The largest absolute Gasteiger partial charge is 0.394 e. The first-order chi connectivity index (χ1) is 6.24. The molecule has 8 nitrogen and oxygen atoms in total. The summed E-state index contributed by atoms with van der Waals surface area (Å²) in [6.45, 7) is 0. The van der Waals surface area contributed by atoms with Gasteiger partial charge in [0.15, 0.2) is 25.4 Å². The molecule has 0 aliphatic heterocycles. The predicted octanol–water partition coefficient (Wildman–Crippen LogP) is -1.73. The van der Waals surface area contributed by atoms with Crippen molar-refractivity contribution < 1.29 is 37.9 Å². The van der Waals surface area contributed by atoms with E-state index in [9.17, 15) is 0 Å². The molecule has 0 heterocycles. The van der Waals surface area contributed by atoms with E-state index in [1.54, 1.807) is 0 Å². The Labute approximate surface area is 101 Å². The Morgan fingerprint density at radius 1 is 0.750 bits per heavy atom. The van der Waals surface area contributed by atoms with Crippen molar-refractivity contribution >= 4 is 37.5 Å². The van der Waals surface area contributed by atoms with Gasteiger partial charge in [-0.1, -0.05) is 0 Å². The summed E-state index contributed by atoms with van der Waals surface area (Å²) in [5, 5.41) is 34.2. The van der Waals surface area contributed by atoms with Gasteiger partial charge in [-0.3, -0.25) is 9.11 Å². The minimum absolute atomic E-state index is 0. The lowest BCUT2D eigenvalue weighted by atomic mass is 11.6. The van der Waals surface area contributed by atoms with E-state index in [4.69, 9.17) is 37.9 Å². The second-order valence-corrected chi connectivity index (χ2v) is 7.07. The molecule has 0 aliphatic rings. The average Bonchev–Trinajstić information content (AvgIpc) is 2.07. The molecule has 0 spiro atoms. The molecule has 0 aromatic rings. The molecule has 16 heavy (non-hydrogen) atoms. The van der Waals surface area contributed by atoms with Gasteiger partial charge in [-0.15, -0.1) is 0 Å². The molecule has 2 unspecified atom stereocenters. The van der Waals surface area contributed by atoms with E-state index in [1.807, 2.05) is 0 Å². The van der Waals surface area contributed by atoms with Gasteiger partial charge in [-0.25, -0.2) is 0 Å². The van der Waals surface area contributed by atoms with Crippen molar-refractivity contribution in [2.45, 2.75) is 0 Å². The Hall–Kier alpha value is 1.000. The van der Waals surface area contributed by atoms with E-state index in [0.29, 0.717) is 0 Å². The van der Waals surface area contributed by atoms with Crippen molar-refractivity contribution in [3.8, 4) is 0 Å². The van der Waals surface area contributed by atoms with E-state index in [0.717, 1.165) is 0 Å². The van der Waals surface area contributed by atoms with Crippen LogP contribution in [0.15, 0.2) is 0 Å². The summed E-state index contributed by atoms with van der Waals surface area (Å²) in [4.78, 5) is 0. The van der Waals surface area contributed by atoms with Crippen molar-refractivity contribution in [1.82, 2.24) is 0 Å². The zero-order valence-corrected chi connectivity index (χ0v) is 13.1. The van der Waals surface area contributed by atoms with Gasteiger partial charge in [0.25, 0.3) is 0 Å². The van der Waals surface area contributed by atoms with E-state index < -0.39 is 17.7 Å². The van der Waals surface area contributed by atoms with Gasteiger partial charge in [-0.2, -0.15) is 28.2 Å². The third kappa shape index (κ3) is 17.4. The van der Waals surface area contributed by atoms with E-state index in [1.165, 1.54) is 0 Å². The van der Waals surface area contributed by atoms with E-state index in [-0.39, 0.29) is 45.2 Å². The smallest absolute Gasteiger partial charge is 0.361 e. The summed E-state index contributed by atoms with van der Waals surface area (Å²) in [5.74, 6) is 0. The Balaban J connectivity index is -0.0000000904. The lowest BCUT2D eigenvalue weighted by molar-refractivity contribution is 0.288. The Kier molecular flexibility index (Phi) is 20.0. The monoisotopic (exact) mass is 321 g/mol. The molecule has 0 bridgehead atoms. The molecular formula is C4H20O8P3S+.